The fraction of sp³-hybridized carbons (Fsp3) is 0.556. The summed E-state index contributed by atoms with van der Waals surface area (Å²) in [7, 11) is 0. The Labute approximate surface area is 195 Å². The average molecular weight is 445 g/mol. The van der Waals surface area contributed by atoms with Gasteiger partial charge in [0.2, 0.25) is 0 Å². The number of allylic oxidation sites excluding steroid dienone is 2. The van der Waals surface area contributed by atoms with Crippen molar-refractivity contribution >= 4 is 22.6 Å². The van der Waals surface area contributed by atoms with Gasteiger partial charge in [0, 0.05) is 42.6 Å². The van der Waals surface area contributed by atoms with Crippen molar-refractivity contribution in [3.05, 3.63) is 48.5 Å². The molecular weight excluding hydrogens is 399 g/mol. The maximum atomic E-state index is 15.9. The third kappa shape index (κ3) is 5.20. The van der Waals surface area contributed by atoms with Crippen LogP contribution in [0.4, 0.5) is 21.5 Å². The van der Waals surface area contributed by atoms with Crippen LogP contribution in [-0.4, -0.2) is 25.2 Å². The zero-order valence-corrected chi connectivity index (χ0v) is 21.4. The number of anilines is 3. The van der Waals surface area contributed by atoms with Crippen LogP contribution in [-0.2, 0) is 0 Å². The van der Waals surface area contributed by atoms with E-state index in [0.717, 1.165) is 54.6 Å². The Morgan fingerprint density at radius 3 is 2.09 bits per heavy atom. The minimum absolute atomic E-state index is 0.117. The number of halogens is 1. The smallest absolute Gasteiger partial charge is 0.171 e. The van der Waals surface area contributed by atoms with Crippen molar-refractivity contribution in [3.63, 3.8) is 0 Å². The normalized spacial score (nSPS) is 20.0. The molecule has 180 valence electrons. The van der Waals surface area contributed by atoms with Gasteiger partial charge in [0.15, 0.2) is 5.82 Å². The summed E-state index contributed by atoms with van der Waals surface area (Å²) >= 11 is 0. The highest BCUT2D eigenvalue weighted by molar-refractivity contribution is 5.97. The molecule has 4 N–H and O–H groups in total. The van der Waals surface area contributed by atoms with Crippen LogP contribution in [0.2, 0.25) is 0 Å². The fourth-order valence-corrected chi connectivity index (χ4v) is 4.36. The van der Waals surface area contributed by atoms with Crippen molar-refractivity contribution in [1.82, 2.24) is 0 Å². The summed E-state index contributed by atoms with van der Waals surface area (Å²) in [5, 5.41) is 0. The van der Waals surface area contributed by atoms with Gasteiger partial charge in [-0.15, -0.1) is 13.2 Å². The predicted octanol–water partition coefficient (Wildman–Crippen LogP) is 6.64. The van der Waals surface area contributed by atoms with Gasteiger partial charge in [0.05, 0.1) is 11.4 Å². The van der Waals surface area contributed by atoms with Gasteiger partial charge in [0.25, 0.3) is 0 Å². The summed E-state index contributed by atoms with van der Waals surface area (Å²) in [6.07, 6.45) is 5.22. The first-order valence-electron chi connectivity index (χ1n) is 12.1. The molecule has 2 unspecified atom stereocenters. The van der Waals surface area contributed by atoms with Crippen LogP contribution in [0.25, 0.3) is 5.57 Å². The summed E-state index contributed by atoms with van der Waals surface area (Å²) in [5.74, 6) is 0.233. The molecule has 1 saturated carbocycles. The molecule has 1 aromatic rings. The van der Waals surface area contributed by atoms with Crippen LogP contribution in [0.5, 0.6) is 0 Å². The van der Waals surface area contributed by atoms with Crippen LogP contribution in [0, 0.1) is 18.7 Å². The summed E-state index contributed by atoms with van der Waals surface area (Å²) in [6.45, 7) is 25.8. The number of nitrogens with zero attached hydrogens (tertiary/aromatic N) is 2. The number of nitrogens with two attached hydrogens (primary N) is 2. The van der Waals surface area contributed by atoms with E-state index >= 15 is 4.39 Å². The molecule has 4 rings (SSSR count). The van der Waals surface area contributed by atoms with E-state index in [-0.39, 0.29) is 11.9 Å². The van der Waals surface area contributed by atoms with E-state index in [1.807, 2.05) is 54.7 Å². The quantitative estimate of drug-likeness (QED) is 0.405. The van der Waals surface area contributed by atoms with Crippen LogP contribution in [0.15, 0.2) is 31.5 Å². The summed E-state index contributed by atoms with van der Waals surface area (Å²) in [6, 6.07) is 0.489. The highest BCUT2D eigenvalue weighted by Gasteiger charge is 2.38. The number of benzene rings is 1. The lowest BCUT2D eigenvalue weighted by Crippen LogP contribution is -2.31. The number of hydrogen-bond acceptors (Lipinski definition) is 4. The molecule has 0 radical (unpaired) electrons. The van der Waals surface area contributed by atoms with E-state index < -0.39 is 0 Å². The lowest BCUT2D eigenvalue weighted by molar-refractivity contribution is 0.487. The molecule has 5 heteroatoms. The largest absolute Gasteiger partial charge is 0.398 e. The molecule has 3 aliphatic rings. The Morgan fingerprint density at radius 2 is 1.62 bits per heavy atom. The second kappa shape index (κ2) is 12.1. The molecule has 1 aliphatic carbocycles. The highest BCUT2D eigenvalue weighted by Crippen LogP contribution is 2.50. The summed E-state index contributed by atoms with van der Waals surface area (Å²) in [4.78, 5) is 4.22. The topological polar surface area (TPSA) is 58.5 Å². The van der Waals surface area contributed by atoms with Gasteiger partial charge in [-0.25, -0.2) is 4.39 Å². The number of rotatable bonds is 3. The van der Waals surface area contributed by atoms with E-state index in [9.17, 15) is 0 Å². The van der Waals surface area contributed by atoms with Crippen LogP contribution >= 0.6 is 0 Å². The minimum atomic E-state index is -0.158. The Morgan fingerprint density at radius 1 is 1.06 bits per heavy atom. The third-order valence-electron chi connectivity index (χ3n) is 6.27. The molecule has 2 heterocycles. The third-order valence-corrected chi connectivity index (χ3v) is 6.27. The van der Waals surface area contributed by atoms with Crippen molar-refractivity contribution in [2.75, 3.05) is 28.6 Å². The van der Waals surface area contributed by atoms with Crippen molar-refractivity contribution in [2.24, 2.45) is 11.7 Å². The second-order valence-corrected chi connectivity index (χ2v) is 8.21. The van der Waals surface area contributed by atoms with Gasteiger partial charge in [-0.3, -0.25) is 0 Å². The van der Waals surface area contributed by atoms with E-state index in [0.29, 0.717) is 29.0 Å². The maximum absolute atomic E-state index is 15.9. The zero-order valence-electron chi connectivity index (χ0n) is 21.4. The summed E-state index contributed by atoms with van der Waals surface area (Å²) in [5.41, 5.74) is 18.0. The van der Waals surface area contributed by atoms with Crippen LogP contribution in [0.3, 0.4) is 0 Å². The van der Waals surface area contributed by atoms with Crippen molar-refractivity contribution in [3.8, 4) is 0 Å². The maximum Gasteiger partial charge on any atom is 0.171 e. The van der Waals surface area contributed by atoms with E-state index in [2.05, 4.69) is 29.5 Å². The number of fused-ring (bicyclic) bond motifs is 1. The van der Waals surface area contributed by atoms with Gasteiger partial charge in [0.1, 0.15) is 0 Å². The Bertz CT molecular complexity index is 824. The molecule has 0 spiro atoms. The molecule has 2 fully saturated rings. The number of hydrogen-bond donors (Lipinski definition) is 2. The van der Waals surface area contributed by atoms with E-state index in [1.54, 1.807) is 0 Å². The lowest BCUT2D eigenvalue weighted by Gasteiger charge is -2.34. The molecule has 1 aromatic carbocycles. The molecular formula is C27H45FN4. The molecule has 1 saturated heterocycles. The van der Waals surface area contributed by atoms with Gasteiger partial charge >= 0.3 is 0 Å². The van der Waals surface area contributed by atoms with Crippen LogP contribution < -0.4 is 21.3 Å². The average Bonchev–Trinajstić information content (AvgIpc) is 3.54. The minimum Gasteiger partial charge on any atom is -0.398 e. The molecule has 2 aliphatic heterocycles. The second-order valence-electron chi connectivity index (χ2n) is 8.21. The van der Waals surface area contributed by atoms with Crippen LogP contribution in [0.1, 0.15) is 71.9 Å². The SMILES string of the molecule is C=C.C=C1C(C)=CN(C2CC2)c2c(F)c(N3CCC(C(C)N)C3)c(C)c(N)c21.CC.CC. The van der Waals surface area contributed by atoms with E-state index in [4.69, 9.17) is 11.5 Å². The number of nitrogen functional groups attached to an aromatic ring is 1. The fourth-order valence-electron chi connectivity index (χ4n) is 4.36. The first kappa shape index (κ1) is 27.8. The predicted molar refractivity (Wildman–Crippen MR) is 142 cm³/mol. The Kier molecular flexibility index (Phi) is 10.5. The van der Waals surface area contributed by atoms with Gasteiger partial charge in [-0.1, -0.05) is 34.3 Å². The van der Waals surface area contributed by atoms with E-state index in [1.165, 1.54) is 0 Å². The zero-order chi connectivity index (χ0) is 24.7. The van der Waals surface area contributed by atoms with Crippen molar-refractivity contribution in [2.45, 2.75) is 79.8 Å². The monoisotopic (exact) mass is 444 g/mol. The Hall–Kier alpha value is -2.27. The molecule has 0 bridgehead atoms. The van der Waals surface area contributed by atoms with Gasteiger partial charge < -0.3 is 21.3 Å². The highest BCUT2D eigenvalue weighted by atomic mass is 19.1. The summed E-state index contributed by atoms with van der Waals surface area (Å²) < 4.78 is 15.9. The standard InChI is InChI=1S/C21H29FN4.2C2H6.C2H4/c1-11-9-26(16-5-6-16)21-17(12(11)2)19(24)13(3)20(18(21)22)25-8-7-15(10-25)14(4)23;3*1-2/h9,14-16H,2,5-8,10,23-24H2,1,3-4H3;2*1-2H3;1-2H2. The van der Waals surface area contributed by atoms with Crippen molar-refractivity contribution in [1.29, 1.82) is 0 Å². The van der Waals surface area contributed by atoms with Gasteiger partial charge in [-0.2, -0.15) is 0 Å². The molecule has 2 atom stereocenters. The van der Waals surface area contributed by atoms with Gasteiger partial charge in [-0.05, 0) is 62.7 Å². The molecule has 32 heavy (non-hydrogen) atoms. The molecule has 4 nitrogen and oxygen atoms in total. The molecule has 0 amide bonds. The molecule has 0 aromatic heterocycles. The van der Waals surface area contributed by atoms with Crippen molar-refractivity contribution < 1.29 is 4.39 Å². The first-order chi connectivity index (χ1) is 15.3. The Balaban J connectivity index is 0.000000789. The lowest BCUT2D eigenvalue weighted by atomic mass is 9.90. The first-order valence-corrected chi connectivity index (χ1v) is 12.1.